The van der Waals surface area contributed by atoms with Crippen LogP contribution in [-0.4, -0.2) is 57.4 Å². The molecule has 3 aliphatic heterocycles. The summed E-state index contributed by atoms with van der Waals surface area (Å²) in [5, 5.41) is 0. The molecule has 0 aromatic carbocycles. The zero-order valence-electron chi connectivity index (χ0n) is 13.7. The molecule has 1 amide bonds. The van der Waals surface area contributed by atoms with Crippen LogP contribution in [0.1, 0.15) is 20.8 Å². The number of morpholine rings is 1. The quantitative estimate of drug-likeness (QED) is 0.485. The van der Waals surface area contributed by atoms with Gasteiger partial charge in [0, 0.05) is 22.5 Å². The molecule has 130 valence electrons. The van der Waals surface area contributed by atoms with Crippen molar-refractivity contribution >= 4 is 44.8 Å². The molecule has 3 aliphatic rings. The normalized spacial score (nSPS) is 29.6. The smallest absolute Gasteiger partial charge is 0.410 e. The van der Waals surface area contributed by atoms with Crippen LogP contribution in [0.3, 0.4) is 0 Å². The van der Waals surface area contributed by atoms with Gasteiger partial charge in [0.1, 0.15) is 23.6 Å². The maximum Gasteiger partial charge on any atom is 0.410 e. The average Bonchev–Trinajstić information content (AvgIpc) is 2.78. The highest BCUT2D eigenvalue weighted by Gasteiger charge is 2.47. The van der Waals surface area contributed by atoms with E-state index in [0.717, 1.165) is 0 Å². The van der Waals surface area contributed by atoms with Gasteiger partial charge in [0.05, 0.1) is 25.6 Å². The Kier molecular flexibility index (Phi) is 4.59. The Balaban J connectivity index is 1.81. The molecular weight excluding hydrogens is 400 g/mol. The lowest BCUT2D eigenvalue weighted by atomic mass is 10.1. The van der Waals surface area contributed by atoms with E-state index in [0.29, 0.717) is 35.8 Å². The maximum absolute atomic E-state index is 12.3. The Bertz CT molecular complexity index is 683. The zero-order valence-corrected chi connectivity index (χ0v) is 16.0. The van der Waals surface area contributed by atoms with Crippen molar-refractivity contribution in [1.82, 2.24) is 4.90 Å². The third-order valence-electron chi connectivity index (χ3n) is 3.67. The van der Waals surface area contributed by atoms with Crippen molar-refractivity contribution in [3.8, 4) is 0 Å². The topological polar surface area (TPSA) is 63.5 Å². The molecule has 0 aromatic rings. The minimum Gasteiger partial charge on any atom is -0.444 e. The summed E-state index contributed by atoms with van der Waals surface area (Å²) in [7, 11) is 0. The number of carbonyl (C=O) groups excluding carboxylic acids is 1. The lowest BCUT2D eigenvalue weighted by Crippen LogP contribution is -2.48. The summed E-state index contributed by atoms with van der Waals surface area (Å²) >= 11 is 9.99. The highest BCUT2D eigenvalue weighted by molar-refractivity contribution is 9.18. The van der Waals surface area contributed by atoms with Crippen molar-refractivity contribution in [2.24, 2.45) is 9.98 Å². The van der Waals surface area contributed by atoms with E-state index in [9.17, 15) is 4.79 Å². The second-order valence-electron chi connectivity index (χ2n) is 6.65. The molecule has 3 rings (SSSR count). The van der Waals surface area contributed by atoms with Crippen molar-refractivity contribution in [2.45, 2.75) is 32.5 Å². The van der Waals surface area contributed by atoms with Gasteiger partial charge in [-0.05, 0) is 20.8 Å². The Morgan fingerprint density at radius 3 is 3.00 bits per heavy atom. The largest absolute Gasteiger partial charge is 0.444 e. The van der Waals surface area contributed by atoms with Crippen molar-refractivity contribution in [3.05, 3.63) is 23.8 Å². The highest BCUT2D eigenvalue weighted by Crippen LogP contribution is 2.39. The first-order chi connectivity index (χ1) is 11.2. The summed E-state index contributed by atoms with van der Waals surface area (Å²) in [4.78, 5) is 22.6. The van der Waals surface area contributed by atoms with E-state index in [1.54, 1.807) is 23.5 Å². The number of allylic oxidation sites excluding steroid dienone is 1. The first-order valence-corrected chi connectivity index (χ1v) is 8.72. The number of rotatable bonds is 1. The lowest BCUT2D eigenvalue weighted by molar-refractivity contribution is -0.595. The molecule has 3 heterocycles. The minimum absolute atomic E-state index is 0.106. The molecule has 0 aromatic heterocycles. The van der Waals surface area contributed by atoms with Crippen LogP contribution >= 0.6 is 27.7 Å². The van der Waals surface area contributed by atoms with E-state index in [2.05, 4.69) is 25.9 Å². The highest BCUT2D eigenvalue weighted by atomic mass is 79.9. The van der Waals surface area contributed by atoms with E-state index in [1.807, 2.05) is 20.8 Å². The van der Waals surface area contributed by atoms with Crippen molar-refractivity contribution in [1.29, 1.82) is 0 Å². The lowest BCUT2D eigenvalue weighted by Gasteiger charge is -2.34. The third kappa shape index (κ3) is 3.28. The third-order valence-corrected chi connectivity index (χ3v) is 5.07. The predicted molar refractivity (Wildman–Crippen MR) is 94.7 cm³/mol. The molecule has 0 spiro atoms. The number of ether oxygens (including phenoxy) is 2. The summed E-state index contributed by atoms with van der Waals surface area (Å²) in [5.74, 6) is 0. The number of hydrogen-bond donors (Lipinski definition) is 0. The molecule has 0 bridgehead atoms. The molecule has 9 heteroatoms. The molecule has 2 unspecified atom stereocenters. The van der Waals surface area contributed by atoms with E-state index < -0.39 is 5.60 Å². The van der Waals surface area contributed by atoms with Gasteiger partial charge in [0.15, 0.2) is 11.8 Å². The number of amidine groups is 1. The number of aliphatic imine (C=N–C) groups is 2. The SMILES string of the molecule is CC(C)(C)OC(=O)N1CCOC(C2=C3C=NC=C[N+]3(Cl)C(Br)=N2)C1. The van der Waals surface area contributed by atoms with Gasteiger partial charge in [-0.3, -0.25) is 4.99 Å². The van der Waals surface area contributed by atoms with Crippen LogP contribution in [0, 0.1) is 0 Å². The predicted octanol–water partition coefficient (Wildman–Crippen LogP) is 3.12. The van der Waals surface area contributed by atoms with Gasteiger partial charge in [-0.15, -0.1) is 4.00 Å². The van der Waals surface area contributed by atoms with E-state index in [1.165, 1.54) is 0 Å². The first kappa shape index (κ1) is 17.6. The number of nitrogens with zero attached hydrogens (tertiary/aromatic N) is 4. The molecular formula is C15H19BrClN4O3+. The Labute approximate surface area is 154 Å². The number of carbonyl (C=O) groups is 1. The number of fused-ring (bicyclic) bond motifs is 1. The van der Waals surface area contributed by atoms with Gasteiger partial charge < -0.3 is 14.4 Å². The van der Waals surface area contributed by atoms with Crippen LogP contribution in [0.15, 0.2) is 33.8 Å². The van der Waals surface area contributed by atoms with Crippen LogP contribution in [-0.2, 0) is 9.47 Å². The fourth-order valence-electron chi connectivity index (χ4n) is 2.58. The standard InChI is InChI=1S/C15H19BrClN4O3/c1-15(2,3)24-14(22)20-5-7-23-11(9-20)12-10-8-18-4-6-21(10,17)13(16)19-12/h4,6,8,11H,5,7,9H2,1-3H3/q+1. The first-order valence-electron chi connectivity index (χ1n) is 7.59. The van der Waals surface area contributed by atoms with Crippen LogP contribution in [0.25, 0.3) is 0 Å². The molecule has 1 fully saturated rings. The molecule has 7 nitrogen and oxygen atoms in total. The van der Waals surface area contributed by atoms with Gasteiger partial charge in [0.25, 0.3) is 4.74 Å². The van der Waals surface area contributed by atoms with Crippen molar-refractivity contribution < 1.29 is 18.3 Å². The number of halogens is 2. The monoisotopic (exact) mass is 417 g/mol. The van der Waals surface area contributed by atoms with E-state index >= 15 is 0 Å². The van der Waals surface area contributed by atoms with Gasteiger partial charge in [-0.1, -0.05) is 0 Å². The zero-order chi connectivity index (χ0) is 17.5. The Hall–Kier alpha value is -1.22. The molecule has 2 atom stereocenters. The minimum atomic E-state index is -0.537. The Morgan fingerprint density at radius 1 is 1.54 bits per heavy atom. The molecule has 0 N–H and O–H groups in total. The summed E-state index contributed by atoms with van der Waals surface area (Å²) in [5.41, 5.74) is 0.838. The fourth-order valence-corrected chi connectivity index (χ4v) is 3.29. The second-order valence-corrected chi connectivity index (χ2v) is 7.89. The van der Waals surface area contributed by atoms with Gasteiger partial charge >= 0.3 is 6.09 Å². The number of hydrogen-bond acceptors (Lipinski definition) is 5. The Morgan fingerprint density at radius 2 is 2.29 bits per heavy atom. The van der Waals surface area contributed by atoms with Crippen molar-refractivity contribution in [2.75, 3.05) is 19.7 Å². The van der Waals surface area contributed by atoms with E-state index in [-0.39, 0.29) is 16.2 Å². The van der Waals surface area contributed by atoms with Crippen LogP contribution in [0.5, 0.6) is 0 Å². The number of amides is 1. The summed E-state index contributed by atoms with van der Waals surface area (Å²) in [6.45, 7) is 6.77. The molecule has 1 saturated heterocycles. The second kappa shape index (κ2) is 6.25. The van der Waals surface area contributed by atoms with Crippen LogP contribution < -0.4 is 0 Å². The summed E-state index contributed by atoms with van der Waals surface area (Å²) < 4.78 is 11.7. The maximum atomic E-state index is 12.3. The average molecular weight is 419 g/mol. The summed E-state index contributed by atoms with van der Waals surface area (Å²) in [6.07, 6.45) is 4.25. The summed E-state index contributed by atoms with van der Waals surface area (Å²) in [6, 6.07) is 0. The van der Waals surface area contributed by atoms with Gasteiger partial charge in [-0.25, -0.2) is 4.79 Å². The van der Waals surface area contributed by atoms with Gasteiger partial charge in [0.2, 0.25) is 5.70 Å². The molecule has 0 radical (unpaired) electrons. The molecule has 0 aliphatic carbocycles. The molecule has 0 saturated carbocycles. The van der Waals surface area contributed by atoms with Gasteiger partial charge in [-0.2, -0.15) is 4.99 Å². The number of quaternary nitrogens is 1. The van der Waals surface area contributed by atoms with Crippen molar-refractivity contribution in [3.63, 3.8) is 0 Å². The fraction of sp³-hybridized carbons (Fsp3) is 0.533. The molecule has 24 heavy (non-hydrogen) atoms. The van der Waals surface area contributed by atoms with Crippen LogP contribution in [0.2, 0.25) is 0 Å². The van der Waals surface area contributed by atoms with Crippen LogP contribution in [0.4, 0.5) is 4.79 Å². The van der Waals surface area contributed by atoms with E-state index in [4.69, 9.17) is 21.3 Å².